The maximum Gasteiger partial charge on any atom is 0.326 e. The molecular weight excluding hydrogens is 460 g/mol. The van der Waals surface area contributed by atoms with Crippen LogP contribution in [0.1, 0.15) is 38.3 Å². The topological polar surface area (TPSA) is 151 Å². The van der Waals surface area contributed by atoms with Crippen LogP contribution in [0.5, 0.6) is 0 Å². The largest absolute Gasteiger partial charge is 0.480 e. The Morgan fingerprint density at radius 1 is 0.694 bits per heavy atom. The number of aliphatic carboxylic acids is 1. The SMILES string of the molecule is CC(C)CC(NC(=O)C(Cc1ccccc1)NC(=O)C(Cc1ccccc1)NC(=O)C(C)N)C(=O)O. The van der Waals surface area contributed by atoms with E-state index in [0.29, 0.717) is 0 Å². The average molecular weight is 497 g/mol. The molecule has 0 saturated carbocycles. The quantitative estimate of drug-likeness (QED) is 0.283. The zero-order valence-electron chi connectivity index (χ0n) is 20.9. The number of benzene rings is 2. The minimum Gasteiger partial charge on any atom is -0.480 e. The van der Waals surface area contributed by atoms with Crippen LogP contribution in [0, 0.1) is 5.92 Å². The molecule has 2 aromatic carbocycles. The summed E-state index contributed by atoms with van der Waals surface area (Å²) in [5.41, 5.74) is 7.29. The molecular formula is C27H36N4O5. The van der Waals surface area contributed by atoms with Crippen LogP contribution in [0.15, 0.2) is 60.7 Å². The second kappa shape index (κ2) is 14.0. The summed E-state index contributed by atoms with van der Waals surface area (Å²) in [5, 5.41) is 17.5. The van der Waals surface area contributed by atoms with E-state index in [-0.39, 0.29) is 25.2 Å². The molecule has 0 aliphatic carbocycles. The molecule has 2 rings (SSSR count). The number of hydrogen-bond acceptors (Lipinski definition) is 5. The van der Waals surface area contributed by atoms with E-state index >= 15 is 0 Å². The van der Waals surface area contributed by atoms with Gasteiger partial charge in [-0.1, -0.05) is 74.5 Å². The predicted molar refractivity (Wildman–Crippen MR) is 137 cm³/mol. The Hall–Kier alpha value is -3.72. The Labute approximate surface area is 211 Å². The van der Waals surface area contributed by atoms with Crippen molar-refractivity contribution < 1.29 is 24.3 Å². The van der Waals surface area contributed by atoms with E-state index in [1.807, 2.05) is 74.5 Å². The first-order valence-corrected chi connectivity index (χ1v) is 12.0. The van der Waals surface area contributed by atoms with E-state index in [9.17, 15) is 24.3 Å². The second-order valence-corrected chi connectivity index (χ2v) is 9.32. The predicted octanol–water partition coefficient (Wildman–Crippen LogP) is 1.40. The molecule has 4 unspecified atom stereocenters. The van der Waals surface area contributed by atoms with Crippen molar-refractivity contribution in [2.75, 3.05) is 0 Å². The summed E-state index contributed by atoms with van der Waals surface area (Å²) in [7, 11) is 0. The van der Waals surface area contributed by atoms with Crippen molar-refractivity contribution in [3.05, 3.63) is 71.8 Å². The van der Waals surface area contributed by atoms with Gasteiger partial charge < -0.3 is 26.8 Å². The van der Waals surface area contributed by atoms with E-state index in [1.165, 1.54) is 6.92 Å². The summed E-state index contributed by atoms with van der Waals surface area (Å²) >= 11 is 0. The number of amides is 3. The van der Waals surface area contributed by atoms with Gasteiger partial charge in [0.2, 0.25) is 17.7 Å². The minimum absolute atomic E-state index is 0.0392. The number of nitrogens with two attached hydrogens (primary N) is 1. The molecule has 9 heteroatoms. The van der Waals surface area contributed by atoms with Gasteiger partial charge in [0.1, 0.15) is 18.1 Å². The molecule has 3 amide bonds. The lowest BCUT2D eigenvalue weighted by atomic mass is 10.0. The monoisotopic (exact) mass is 496 g/mol. The van der Waals surface area contributed by atoms with Crippen molar-refractivity contribution in [2.45, 2.75) is 64.2 Å². The van der Waals surface area contributed by atoms with Gasteiger partial charge in [0.05, 0.1) is 6.04 Å². The van der Waals surface area contributed by atoms with Gasteiger partial charge in [0, 0.05) is 12.8 Å². The molecule has 0 aliphatic heterocycles. The highest BCUT2D eigenvalue weighted by Gasteiger charge is 2.30. The highest BCUT2D eigenvalue weighted by atomic mass is 16.4. The summed E-state index contributed by atoms with van der Waals surface area (Å²) in [5.74, 6) is -2.79. The molecule has 0 saturated heterocycles. The van der Waals surface area contributed by atoms with Crippen LogP contribution in [0.4, 0.5) is 0 Å². The van der Waals surface area contributed by atoms with E-state index < -0.39 is 47.9 Å². The molecule has 194 valence electrons. The highest BCUT2D eigenvalue weighted by Crippen LogP contribution is 2.09. The van der Waals surface area contributed by atoms with Crippen molar-refractivity contribution in [1.82, 2.24) is 16.0 Å². The molecule has 2 aromatic rings. The molecule has 0 aliphatic rings. The van der Waals surface area contributed by atoms with Crippen molar-refractivity contribution in [1.29, 1.82) is 0 Å². The summed E-state index contributed by atoms with van der Waals surface area (Å²) in [4.78, 5) is 50.6. The van der Waals surface area contributed by atoms with Gasteiger partial charge in [-0.2, -0.15) is 0 Å². The fourth-order valence-electron chi connectivity index (χ4n) is 3.66. The summed E-state index contributed by atoms with van der Waals surface area (Å²) in [6, 6.07) is 14.3. The molecule has 0 aromatic heterocycles. The van der Waals surface area contributed by atoms with Crippen LogP contribution < -0.4 is 21.7 Å². The van der Waals surface area contributed by atoms with Crippen molar-refractivity contribution >= 4 is 23.7 Å². The molecule has 0 radical (unpaired) electrons. The summed E-state index contributed by atoms with van der Waals surface area (Å²) in [6.07, 6.45) is 0.579. The maximum absolute atomic E-state index is 13.3. The first kappa shape index (κ1) is 28.5. The van der Waals surface area contributed by atoms with Crippen LogP contribution in [0.2, 0.25) is 0 Å². The van der Waals surface area contributed by atoms with Crippen LogP contribution >= 0.6 is 0 Å². The number of nitrogens with one attached hydrogen (secondary N) is 3. The molecule has 0 fully saturated rings. The van der Waals surface area contributed by atoms with Crippen LogP contribution in [0.25, 0.3) is 0 Å². The minimum atomic E-state index is -1.15. The van der Waals surface area contributed by atoms with Crippen LogP contribution in [-0.2, 0) is 32.0 Å². The third kappa shape index (κ3) is 9.50. The fourth-order valence-corrected chi connectivity index (χ4v) is 3.66. The Morgan fingerprint density at radius 3 is 1.44 bits per heavy atom. The zero-order chi connectivity index (χ0) is 26.7. The van der Waals surface area contributed by atoms with Gasteiger partial charge >= 0.3 is 5.97 Å². The lowest BCUT2D eigenvalue weighted by Gasteiger charge is -2.25. The Morgan fingerprint density at radius 2 is 1.08 bits per heavy atom. The molecule has 36 heavy (non-hydrogen) atoms. The first-order chi connectivity index (χ1) is 17.1. The highest BCUT2D eigenvalue weighted by molar-refractivity contribution is 5.94. The average Bonchev–Trinajstić information content (AvgIpc) is 2.83. The smallest absolute Gasteiger partial charge is 0.326 e. The third-order valence-electron chi connectivity index (χ3n) is 5.57. The Balaban J connectivity index is 2.28. The normalized spacial score (nSPS) is 14.2. The maximum atomic E-state index is 13.3. The molecule has 9 nitrogen and oxygen atoms in total. The van der Waals surface area contributed by atoms with Gasteiger partial charge in [-0.25, -0.2) is 4.79 Å². The van der Waals surface area contributed by atoms with Crippen LogP contribution in [0.3, 0.4) is 0 Å². The number of carboxylic acid groups (broad SMARTS) is 1. The van der Waals surface area contributed by atoms with E-state index in [4.69, 9.17) is 5.73 Å². The van der Waals surface area contributed by atoms with Gasteiger partial charge in [-0.3, -0.25) is 14.4 Å². The van der Waals surface area contributed by atoms with E-state index in [0.717, 1.165) is 11.1 Å². The lowest BCUT2D eigenvalue weighted by molar-refractivity contribution is -0.142. The van der Waals surface area contributed by atoms with Gasteiger partial charge in [-0.15, -0.1) is 0 Å². The van der Waals surface area contributed by atoms with Crippen molar-refractivity contribution in [3.63, 3.8) is 0 Å². The van der Waals surface area contributed by atoms with E-state index in [1.54, 1.807) is 0 Å². The Kier molecular flexibility index (Phi) is 11.1. The first-order valence-electron chi connectivity index (χ1n) is 12.0. The number of carbonyl (C=O) groups excluding carboxylic acids is 3. The van der Waals surface area contributed by atoms with Crippen LogP contribution in [-0.4, -0.2) is 53.0 Å². The van der Waals surface area contributed by atoms with Crippen molar-refractivity contribution in [3.8, 4) is 0 Å². The van der Waals surface area contributed by atoms with Gasteiger partial charge in [-0.05, 0) is 30.4 Å². The zero-order valence-corrected chi connectivity index (χ0v) is 20.9. The molecule has 0 bridgehead atoms. The van der Waals surface area contributed by atoms with Gasteiger partial charge in [0.15, 0.2) is 0 Å². The lowest BCUT2D eigenvalue weighted by Crippen LogP contribution is -2.58. The van der Waals surface area contributed by atoms with E-state index in [2.05, 4.69) is 16.0 Å². The number of carbonyl (C=O) groups is 4. The number of hydrogen-bond donors (Lipinski definition) is 5. The van der Waals surface area contributed by atoms with Gasteiger partial charge in [0.25, 0.3) is 0 Å². The molecule has 4 atom stereocenters. The number of rotatable bonds is 13. The second-order valence-electron chi connectivity index (χ2n) is 9.32. The molecule has 0 spiro atoms. The number of carboxylic acids is 1. The summed E-state index contributed by atoms with van der Waals surface area (Å²) < 4.78 is 0. The summed E-state index contributed by atoms with van der Waals surface area (Å²) in [6.45, 7) is 5.24. The molecule has 6 N–H and O–H groups in total. The third-order valence-corrected chi connectivity index (χ3v) is 5.57. The van der Waals surface area contributed by atoms with Crippen molar-refractivity contribution in [2.24, 2.45) is 11.7 Å². The molecule has 0 heterocycles. The fraction of sp³-hybridized carbons (Fsp3) is 0.407. The Bertz CT molecular complexity index is 1010. The standard InChI is InChI=1S/C27H36N4O5/c1-17(2)14-23(27(35)36)31-26(34)22(16-20-12-8-5-9-13-20)30-25(33)21(29-24(32)18(3)28)15-19-10-6-4-7-11-19/h4-13,17-18,21-23H,14-16,28H2,1-3H3,(H,29,32)(H,30,33)(H,31,34)(H,35,36).